The summed E-state index contributed by atoms with van der Waals surface area (Å²) in [4.78, 5) is 13.7. The van der Waals surface area contributed by atoms with E-state index in [-0.39, 0.29) is 6.04 Å². The Balaban J connectivity index is 3.18. The van der Waals surface area contributed by atoms with Crippen molar-refractivity contribution in [3.05, 3.63) is 29.3 Å². The van der Waals surface area contributed by atoms with Crippen LogP contribution in [0, 0.1) is 0 Å². The van der Waals surface area contributed by atoms with Crippen molar-refractivity contribution in [3.63, 3.8) is 0 Å². The molecule has 17 heavy (non-hydrogen) atoms. The van der Waals surface area contributed by atoms with E-state index in [9.17, 15) is 4.79 Å². The molecule has 0 fully saturated rings. The summed E-state index contributed by atoms with van der Waals surface area (Å²) < 4.78 is 0. The minimum absolute atomic E-state index is 0.135. The van der Waals surface area contributed by atoms with Crippen LogP contribution in [0.2, 0.25) is 0 Å². The second kappa shape index (κ2) is 5.68. The van der Waals surface area contributed by atoms with Gasteiger partial charge in [-0.25, -0.2) is 0 Å². The van der Waals surface area contributed by atoms with Crippen LogP contribution in [0.25, 0.3) is 0 Å². The summed E-state index contributed by atoms with van der Waals surface area (Å²) in [5, 5.41) is 0. The van der Waals surface area contributed by atoms with Crippen molar-refractivity contribution < 1.29 is 4.79 Å². The van der Waals surface area contributed by atoms with Crippen LogP contribution in [0.1, 0.15) is 42.7 Å². The number of rotatable bonds is 5. The van der Waals surface area contributed by atoms with Gasteiger partial charge in [0.15, 0.2) is 0 Å². The molecule has 0 aromatic heterocycles. The highest BCUT2D eigenvalue weighted by atomic mass is 16.1. The first kappa shape index (κ1) is 13.5. The lowest BCUT2D eigenvalue weighted by molar-refractivity contribution is 0.0997. The van der Waals surface area contributed by atoms with Gasteiger partial charge in [0.25, 0.3) is 0 Å². The highest BCUT2D eigenvalue weighted by molar-refractivity contribution is 5.95. The third kappa shape index (κ3) is 2.97. The zero-order chi connectivity index (χ0) is 13.0. The number of hydrogen-bond acceptors (Lipinski definition) is 3. The van der Waals surface area contributed by atoms with E-state index in [1.54, 1.807) is 12.1 Å². The molecule has 4 N–H and O–H groups in total. The average Bonchev–Trinajstić information content (AvgIpc) is 2.29. The van der Waals surface area contributed by atoms with Crippen molar-refractivity contribution in [3.8, 4) is 0 Å². The van der Waals surface area contributed by atoms with E-state index < -0.39 is 5.91 Å². The lowest BCUT2D eigenvalue weighted by Gasteiger charge is -2.28. The fourth-order valence-electron chi connectivity index (χ4n) is 2.12. The number of nitrogen functional groups attached to an aromatic ring is 1. The van der Waals surface area contributed by atoms with Gasteiger partial charge in [-0.1, -0.05) is 13.8 Å². The van der Waals surface area contributed by atoms with E-state index in [4.69, 9.17) is 11.5 Å². The number of nitrogens with two attached hydrogens (primary N) is 2. The smallest absolute Gasteiger partial charge is 0.249 e. The summed E-state index contributed by atoms with van der Waals surface area (Å²) in [6, 6.07) is 5.38. The van der Waals surface area contributed by atoms with Crippen molar-refractivity contribution in [2.45, 2.75) is 26.8 Å². The van der Waals surface area contributed by atoms with Crippen LogP contribution in [0.15, 0.2) is 18.2 Å². The first-order chi connectivity index (χ1) is 8.01. The highest BCUT2D eigenvalue weighted by Crippen LogP contribution is 2.25. The monoisotopic (exact) mass is 235 g/mol. The fraction of sp³-hybridized carbons (Fsp3) is 0.462. The van der Waals surface area contributed by atoms with E-state index in [0.29, 0.717) is 11.3 Å². The van der Waals surface area contributed by atoms with Crippen molar-refractivity contribution >= 4 is 11.6 Å². The van der Waals surface area contributed by atoms with Gasteiger partial charge in [-0.2, -0.15) is 0 Å². The number of primary amides is 1. The standard InChI is InChI=1S/C13H21N3O/c1-4-16(5-2)9(3)12-8-10(14)6-7-11(12)13(15)17/h6-9H,4-5,14H2,1-3H3,(H2,15,17). The number of nitrogens with zero attached hydrogens (tertiary/aromatic N) is 1. The molecule has 1 atom stereocenters. The molecule has 4 heteroatoms. The van der Waals surface area contributed by atoms with E-state index in [2.05, 4.69) is 25.7 Å². The minimum Gasteiger partial charge on any atom is -0.399 e. The van der Waals surface area contributed by atoms with Gasteiger partial charge in [-0.3, -0.25) is 9.69 Å². The number of anilines is 1. The highest BCUT2D eigenvalue weighted by Gasteiger charge is 2.18. The predicted octanol–water partition coefficient (Wildman–Crippen LogP) is 1.77. The molecule has 4 nitrogen and oxygen atoms in total. The summed E-state index contributed by atoms with van der Waals surface area (Å²) >= 11 is 0. The largest absolute Gasteiger partial charge is 0.399 e. The number of carbonyl (C=O) groups is 1. The van der Waals surface area contributed by atoms with Gasteiger partial charge in [-0.15, -0.1) is 0 Å². The van der Waals surface area contributed by atoms with Crippen molar-refractivity contribution in [2.75, 3.05) is 18.8 Å². The molecule has 0 saturated carbocycles. The summed E-state index contributed by atoms with van der Waals surface area (Å²) in [5.41, 5.74) is 13.3. The Morgan fingerprint density at radius 2 is 1.94 bits per heavy atom. The molecule has 94 valence electrons. The second-order valence-electron chi connectivity index (χ2n) is 4.11. The Labute approximate surface area is 103 Å². The molecule has 0 aliphatic carbocycles. The molecule has 0 aliphatic heterocycles. The van der Waals surface area contributed by atoms with Crippen LogP contribution in [0.4, 0.5) is 5.69 Å². The molecule has 0 radical (unpaired) electrons. The molecule has 1 rings (SSSR count). The van der Waals surface area contributed by atoms with Crippen LogP contribution in [0.3, 0.4) is 0 Å². The minimum atomic E-state index is -0.404. The Kier molecular flexibility index (Phi) is 4.52. The lowest BCUT2D eigenvalue weighted by Crippen LogP contribution is -2.28. The summed E-state index contributed by atoms with van der Waals surface area (Å²) in [7, 11) is 0. The van der Waals surface area contributed by atoms with Crippen LogP contribution < -0.4 is 11.5 Å². The second-order valence-corrected chi connectivity index (χ2v) is 4.11. The number of hydrogen-bond donors (Lipinski definition) is 2. The summed E-state index contributed by atoms with van der Waals surface area (Å²) in [6.07, 6.45) is 0. The Morgan fingerprint density at radius 3 is 2.41 bits per heavy atom. The van der Waals surface area contributed by atoms with E-state index in [0.717, 1.165) is 18.7 Å². The molecule has 0 aliphatic rings. The van der Waals surface area contributed by atoms with Gasteiger partial charge in [0.1, 0.15) is 0 Å². The normalized spacial score (nSPS) is 12.7. The fourth-order valence-corrected chi connectivity index (χ4v) is 2.12. The van der Waals surface area contributed by atoms with Crippen LogP contribution in [-0.2, 0) is 0 Å². The first-order valence-electron chi connectivity index (χ1n) is 5.94. The number of carbonyl (C=O) groups excluding carboxylic acids is 1. The topological polar surface area (TPSA) is 72.3 Å². The quantitative estimate of drug-likeness (QED) is 0.764. The molecular weight excluding hydrogens is 214 g/mol. The molecule has 0 spiro atoms. The molecule has 0 saturated heterocycles. The van der Waals surface area contributed by atoms with Crippen LogP contribution in [0.5, 0.6) is 0 Å². The molecule has 0 heterocycles. The lowest BCUT2D eigenvalue weighted by atomic mass is 9.99. The van der Waals surface area contributed by atoms with Crippen molar-refractivity contribution in [1.82, 2.24) is 4.90 Å². The molecule has 1 aromatic carbocycles. The van der Waals surface area contributed by atoms with Gasteiger partial charge in [0.2, 0.25) is 5.91 Å². The van der Waals surface area contributed by atoms with E-state index >= 15 is 0 Å². The molecule has 0 bridgehead atoms. The molecule has 1 unspecified atom stereocenters. The molecular formula is C13H21N3O. The maximum atomic E-state index is 11.4. The maximum Gasteiger partial charge on any atom is 0.249 e. The zero-order valence-electron chi connectivity index (χ0n) is 10.7. The van der Waals surface area contributed by atoms with Gasteiger partial charge < -0.3 is 11.5 Å². The van der Waals surface area contributed by atoms with Crippen molar-refractivity contribution in [2.24, 2.45) is 5.73 Å². The first-order valence-corrected chi connectivity index (χ1v) is 5.94. The van der Waals surface area contributed by atoms with E-state index in [1.807, 2.05) is 6.07 Å². The summed E-state index contributed by atoms with van der Waals surface area (Å²) in [6.45, 7) is 8.09. The third-order valence-electron chi connectivity index (χ3n) is 3.15. The molecule has 1 amide bonds. The summed E-state index contributed by atoms with van der Waals surface area (Å²) in [5.74, 6) is -0.404. The maximum absolute atomic E-state index is 11.4. The van der Waals surface area contributed by atoms with Crippen molar-refractivity contribution in [1.29, 1.82) is 0 Å². The molecule has 1 aromatic rings. The SMILES string of the molecule is CCN(CC)C(C)c1cc(N)ccc1C(N)=O. The third-order valence-corrected chi connectivity index (χ3v) is 3.15. The van der Waals surface area contributed by atoms with Gasteiger partial charge in [-0.05, 0) is 43.8 Å². The van der Waals surface area contributed by atoms with Crippen LogP contribution in [-0.4, -0.2) is 23.9 Å². The van der Waals surface area contributed by atoms with E-state index in [1.165, 1.54) is 0 Å². The average molecular weight is 235 g/mol. The van der Waals surface area contributed by atoms with Gasteiger partial charge >= 0.3 is 0 Å². The van der Waals surface area contributed by atoms with Gasteiger partial charge in [0.05, 0.1) is 0 Å². The Hall–Kier alpha value is -1.55. The number of amides is 1. The Bertz CT molecular complexity index is 400. The Morgan fingerprint density at radius 1 is 1.35 bits per heavy atom. The van der Waals surface area contributed by atoms with Gasteiger partial charge in [0, 0.05) is 17.3 Å². The zero-order valence-corrected chi connectivity index (χ0v) is 10.7. The van der Waals surface area contributed by atoms with Crippen LogP contribution >= 0.6 is 0 Å². The predicted molar refractivity (Wildman–Crippen MR) is 70.7 cm³/mol. The number of benzene rings is 1.